The van der Waals surface area contributed by atoms with Gasteiger partial charge >= 0.3 is 0 Å². The highest BCUT2D eigenvalue weighted by molar-refractivity contribution is 4.89. The van der Waals surface area contributed by atoms with Crippen molar-refractivity contribution in [3.8, 4) is 0 Å². The van der Waals surface area contributed by atoms with E-state index in [1.807, 2.05) is 0 Å². The van der Waals surface area contributed by atoms with E-state index in [1.165, 1.54) is 12.8 Å². The van der Waals surface area contributed by atoms with Crippen molar-refractivity contribution >= 4 is 0 Å². The minimum Gasteiger partial charge on any atom is -0.383 e. The summed E-state index contributed by atoms with van der Waals surface area (Å²) < 4.78 is 5.21. The highest BCUT2D eigenvalue weighted by Gasteiger charge is 2.35. The predicted octanol–water partition coefficient (Wildman–Crippen LogP) is 1.72. The standard InChI is InChI=1S/C13H28N2O/c1-10(2)13(9-14)15(7-8-16-4)11(3)12-5-6-12/h10-13H,5-9,14H2,1-4H3. The molecule has 3 nitrogen and oxygen atoms in total. The Morgan fingerprint density at radius 1 is 1.31 bits per heavy atom. The third-order valence-corrected chi connectivity index (χ3v) is 3.82. The molecule has 0 aromatic rings. The summed E-state index contributed by atoms with van der Waals surface area (Å²) in [6, 6.07) is 1.15. The zero-order chi connectivity index (χ0) is 12.1. The molecule has 1 fully saturated rings. The second-order valence-electron chi connectivity index (χ2n) is 5.36. The number of methoxy groups -OCH3 is 1. The van der Waals surface area contributed by atoms with Crippen LogP contribution in [0.4, 0.5) is 0 Å². The van der Waals surface area contributed by atoms with Gasteiger partial charge in [-0.05, 0) is 31.6 Å². The van der Waals surface area contributed by atoms with E-state index in [0.717, 1.165) is 25.6 Å². The molecule has 0 bridgehead atoms. The molecule has 1 aliphatic carbocycles. The van der Waals surface area contributed by atoms with E-state index in [2.05, 4.69) is 25.7 Å². The number of ether oxygens (including phenoxy) is 1. The van der Waals surface area contributed by atoms with Crippen LogP contribution < -0.4 is 5.73 Å². The lowest BCUT2D eigenvalue weighted by molar-refractivity contribution is 0.0653. The fourth-order valence-corrected chi connectivity index (χ4v) is 2.51. The summed E-state index contributed by atoms with van der Waals surface area (Å²) >= 11 is 0. The van der Waals surface area contributed by atoms with Crippen molar-refractivity contribution in [3.05, 3.63) is 0 Å². The topological polar surface area (TPSA) is 38.5 Å². The van der Waals surface area contributed by atoms with Crippen LogP contribution in [0.5, 0.6) is 0 Å². The second-order valence-corrected chi connectivity index (χ2v) is 5.36. The van der Waals surface area contributed by atoms with Crippen LogP contribution in [0.2, 0.25) is 0 Å². The predicted molar refractivity (Wildman–Crippen MR) is 68.4 cm³/mol. The quantitative estimate of drug-likeness (QED) is 0.687. The molecule has 96 valence electrons. The van der Waals surface area contributed by atoms with Gasteiger partial charge in [-0.15, -0.1) is 0 Å². The van der Waals surface area contributed by atoms with Crippen LogP contribution >= 0.6 is 0 Å². The molecule has 0 saturated heterocycles. The van der Waals surface area contributed by atoms with Gasteiger partial charge in [0.25, 0.3) is 0 Å². The molecule has 1 saturated carbocycles. The summed E-state index contributed by atoms with van der Waals surface area (Å²) in [6.07, 6.45) is 2.78. The van der Waals surface area contributed by atoms with Crippen molar-refractivity contribution in [2.24, 2.45) is 17.6 Å². The number of rotatable bonds is 8. The van der Waals surface area contributed by atoms with Crippen molar-refractivity contribution < 1.29 is 4.74 Å². The average Bonchev–Trinajstić information content (AvgIpc) is 3.06. The minimum atomic E-state index is 0.491. The fourth-order valence-electron chi connectivity index (χ4n) is 2.51. The summed E-state index contributed by atoms with van der Waals surface area (Å²) in [7, 11) is 1.77. The highest BCUT2D eigenvalue weighted by atomic mass is 16.5. The minimum absolute atomic E-state index is 0.491. The molecule has 2 atom stereocenters. The van der Waals surface area contributed by atoms with Gasteiger partial charge in [0.1, 0.15) is 0 Å². The van der Waals surface area contributed by atoms with Gasteiger partial charge in [-0.2, -0.15) is 0 Å². The number of hydrogen-bond acceptors (Lipinski definition) is 3. The highest BCUT2D eigenvalue weighted by Crippen LogP contribution is 2.36. The molecule has 3 heteroatoms. The van der Waals surface area contributed by atoms with Crippen molar-refractivity contribution in [1.82, 2.24) is 4.90 Å². The van der Waals surface area contributed by atoms with Gasteiger partial charge in [-0.3, -0.25) is 4.90 Å². The molecule has 0 radical (unpaired) electrons. The largest absolute Gasteiger partial charge is 0.383 e. The summed E-state index contributed by atoms with van der Waals surface area (Å²) in [6.45, 7) is 9.43. The molecule has 2 unspecified atom stereocenters. The molecule has 0 heterocycles. The maximum Gasteiger partial charge on any atom is 0.0589 e. The Balaban J connectivity index is 2.59. The third-order valence-electron chi connectivity index (χ3n) is 3.82. The first-order valence-electron chi connectivity index (χ1n) is 6.56. The van der Waals surface area contributed by atoms with Gasteiger partial charge in [0, 0.05) is 32.3 Å². The van der Waals surface area contributed by atoms with E-state index in [4.69, 9.17) is 10.5 Å². The Morgan fingerprint density at radius 2 is 1.94 bits per heavy atom. The summed E-state index contributed by atoms with van der Waals surface area (Å²) in [4.78, 5) is 2.56. The normalized spacial score (nSPS) is 20.4. The average molecular weight is 228 g/mol. The maximum atomic E-state index is 5.92. The molecular weight excluding hydrogens is 200 g/mol. The Labute approximate surface area is 100 Å². The Bertz CT molecular complexity index is 192. The summed E-state index contributed by atoms with van der Waals surface area (Å²) in [5.74, 6) is 1.51. The monoisotopic (exact) mass is 228 g/mol. The molecule has 0 aliphatic heterocycles. The molecule has 1 aliphatic rings. The first kappa shape index (κ1) is 13.9. The van der Waals surface area contributed by atoms with Crippen molar-refractivity contribution in [1.29, 1.82) is 0 Å². The van der Waals surface area contributed by atoms with Gasteiger partial charge < -0.3 is 10.5 Å². The van der Waals surface area contributed by atoms with Crippen LogP contribution in [0.25, 0.3) is 0 Å². The second kappa shape index (κ2) is 6.58. The SMILES string of the molecule is COCCN(C(C)C1CC1)C(CN)C(C)C. The molecule has 0 spiro atoms. The molecular formula is C13H28N2O. The zero-order valence-corrected chi connectivity index (χ0v) is 11.3. The molecule has 1 rings (SSSR count). The Kier molecular flexibility index (Phi) is 5.73. The van der Waals surface area contributed by atoms with Crippen LogP contribution in [0.1, 0.15) is 33.6 Å². The first-order valence-corrected chi connectivity index (χ1v) is 6.56. The van der Waals surface area contributed by atoms with Gasteiger partial charge in [0.2, 0.25) is 0 Å². The van der Waals surface area contributed by atoms with E-state index < -0.39 is 0 Å². The number of nitrogens with zero attached hydrogens (tertiary/aromatic N) is 1. The molecule has 2 N–H and O–H groups in total. The van der Waals surface area contributed by atoms with Gasteiger partial charge in [-0.1, -0.05) is 13.8 Å². The van der Waals surface area contributed by atoms with Gasteiger partial charge in [-0.25, -0.2) is 0 Å². The van der Waals surface area contributed by atoms with E-state index in [-0.39, 0.29) is 0 Å². The van der Waals surface area contributed by atoms with Crippen LogP contribution in [-0.4, -0.2) is 43.8 Å². The number of hydrogen-bond donors (Lipinski definition) is 1. The third kappa shape index (κ3) is 3.72. The van der Waals surface area contributed by atoms with E-state index in [1.54, 1.807) is 7.11 Å². The lowest BCUT2D eigenvalue weighted by atomic mass is 9.99. The van der Waals surface area contributed by atoms with Crippen LogP contribution in [0, 0.1) is 11.8 Å². The molecule has 0 aromatic carbocycles. The smallest absolute Gasteiger partial charge is 0.0589 e. The Morgan fingerprint density at radius 3 is 2.31 bits per heavy atom. The van der Waals surface area contributed by atoms with Crippen molar-refractivity contribution in [2.75, 3.05) is 26.8 Å². The number of nitrogens with two attached hydrogens (primary N) is 1. The van der Waals surface area contributed by atoms with E-state index >= 15 is 0 Å². The summed E-state index contributed by atoms with van der Waals surface area (Å²) in [5.41, 5.74) is 5.92. The van der Waals surface area contributed by atoms with E-state index in [9.17, 15) is 0 Å². The van der Waals surface area contributed by atoms with E-state index in [0.29, 0.717) is 18.0 Å². The van der Waals surface area contributed by atoms with Crippen LogP contribution in [0.15, 0.2) is 0 Å². The van der Waals surface area contributed by atoms with Gasteiger partial charge in [0.05, 0.1) is 6.61 Å². The molecule has 16 heavy (non-hydrogen) atoms. The first-order chi connectivity index (χ1) is 7.61. The lowest BCUT2D eigenvalue weighted by Gasteiger charge is -2.38. The fraction of sp³-hybridized carbons (Fsp3) is 1.00. The summed E-state index contributed by atoms with van der Waals surface area (Å²) in [5, 5.41) is 0. The molecule has 0 amide bonds. The van der Waals surface area contributed by atoms with Crippen LogP contribution in [0.3, 0.4) is 0 Å². The van der Waals surface area contributed by atoms with Crippen LogP contribution in [-0.2, 0) is 4.74 Å². The van der Waals surface area contributed by atoms with Gasteiger partial charge in [0.15, 0.2) is 0 Å². The lowest BCUT2D eigenvalue weighted by Crippen LogP contribution is -2.50. The zero-order valence-electron chi connectivity index (χ0n) is 11.3. The maximum absolute atomic E-state index is 5.92. The van der Waals surface area contributed by atoms with Crippen molar-refractivity contribution in [3.63, 3.8) is 0 Å². The Hall–Kier alpha value is -0.120. The molecule has 0 aromatic heterocycles. The van der Waals surface area contributed by atoms with Crippen molar-refractivity contribution in [2.45, 2.75) is 45.7 Å².